The maximum atomic E-state index is 9.06. The Morgan fingerprint density at radius 2 is 1.74 bits per heavy atom. The van der Waals surface area contributed by atoms with Crippen LogP contribution < -0.4 is 14.8 Å². The molecule has 1 N–H and O–H groups in total. The van der Waals surface area contributed by atoms with Gasteiger partial charge in [-0.1, -0.05) is 54.6 Å². The molecule has 5 heterocycles. The van der Waals surface area contributed by atoms with Gasteiger partial charge in [0.15, 0.2) is 12.6 Å². The second-order valence-corrected chi connectivity index (χ2v) is 10.7. The summed E-state index contributed by atoms with van der Waals surface area (Å²) in [7, 11) is 1.65. The molecule has 1 saturated heterocycles. The van der Waals surface area contributed by atoms with Crippen LogP contribution >= 0.6 is 0 Å². The van der Waals surface area contributed by atoms with E-state index in [0.717, 1.165) is 66.4 Å². The SMILES string of the molecule is COc1ccnc2c1-c1nc(-c3ccc(CN4CCC(Nc5ccnc(C#N)n5)CC4)cc3)c(-c3ccccc3)n1CO2. The first-order chi connectivity index (χ1) is 21.2. The molecular formula is C33H30N8O2. The van der Waals surface area contributed by atoms with Crippen molar-refractivity contribution in [2.24, 2.45) is 0 Å². The van der Waals surface area contributed by atoms with Crippen LogP contribution in [-0.4, -0.2) is 55.6 Å². The number of likely N-dealkylation sites (tertiary alicyclic amines) is 1. The molecule has 0 atom stereocenters. The lowest BCUT2D eigenvalue weighted by atomic mass is 10.0. The maximum Gasteiger partial charge on any atom is 0.234 e. The number of anilines is 1. The molecule has 0 spiro atoms. The number of imidazole rings is 1. The average Bonchev–Trinajstić information content (AvgIpc) is 3.46. The second-order valence-electron chi connectivity index (χ2n) is 10.7. The summed E-state index contributed by atoms with van der Waals surface area (Å²) in [6.07, 6.45) is 5.32. The fourth-order valence-electron chi connectivity index (χ4n) is 5.86. The minimum atomic E-state index is 0.187. The van der Waals surface area contributed by atoms with E-state index < -0.39 is 0 Å². The standard InChI is InChI=1S/C33H30N8O2/c1-42-26-11-15-36-33-29(26)32-39-30(31(41(32)21-43-33)24-5-3-2-4-6-24)23-9-7-22(8-10-23)20-40-17-13-25(14-18-40)37-27-12-16-35-28(19-34)38-27/h2-12,15-16,25H,13-14,17-18,20-21H2,1H3,(H,35,37,38). The van der Waals surface area contributed by atoms with Gasteiger partial charge in [-0.3, -0.25) is 9.47 Å². The second kappa shape index (κ2) is 11.5. The van der Waals surface area contributed by atoms with Crippen LogP contribution in [0.25, 0.3) is 33.9 Å². The quantitative estimate of drug-likeness (QED) is 0.276. The number of aromatic nitrogens is 5. The van der Waals surface area contributed by atoms with Gasteiger partial charge in [-0.2, -0.15) is 5.26 Å². The molecule has 3 aromatic heterocycles. The van der Waals surface area contributed by atoms with Crippen molar-refractivity contribution in [1.29, 1.82) is 5.26 Å². The van der Waals surface area contributed by atoms with Gasteiger partial charge in [0.2, 0.25) is 11.7 Å². The van der Waals surface area contributed by atoms with Crippen LogP contribution in [0, 0.1) is 11.3 Å². The van der Waals surface area contributed by atoms with Gasteiger partial charge in [-0.15, -0.1) is 0 Å². The van der Waals surface area contributed by atoms with E-state index in [2.05, 4.69) is 66.1 Å². The highest BCUT2D eigenvalue weighted by Gasteiger charge is 2.30. The van der Waals surface area contributed by atoms with E-state index in [1.807, 2.05) is 36.4 Å². The Morgan fingerprint density at radius 1 is 0.953 bits per heavy atom. The van der Waals surface area contributed by atoms with Crippen LogP contribution in [0.5, 0.6) is 11.6 Å². The van der Waals surface area contributed by atoms with E-state index in [-0.39, 0.29) is 5.82 Å². The molecule has 214 valence electrons. The minimum Gasteiger partial charge on any atom is -0.496 e. The van der Waals surface area contributed by atoms with Crippen LogP contribution in [0.1, 0.15) is 24.2 Å². The number of ether oxygens (including phenoxy) is 2. The van der Waals surface area contributed by atoms with Gasteiger partial charge in [0.25, 0.3) is 0 Å². The Kier molecular flexibility index (Phi) is 7.15. The summed E-state index contributed by atoms with van der Waals surface area (Å²) in [5.41, 5.74) is 6.02. The predicted octanol–water partition coefficient (Wildman–Crippen LogP) is 5.38. The Hall–Kier alpha value is -5.27. The minimum absolute atomic E-state index is 0.187. The fraction of sp³-hybridized carbons (Fsp3) is 0.242. The molecule has 0 amide bonds. The zero-order valence-electron chi connectivity index (χ0n) is 23.8. The van der Waals surface area contributed by atoms with Crippen molar-refractivity contribution in [3.8, 4) is 51.6 Å². The van der Waals surface area contributed by atoms with E-state index in [1.54, 1.807) is 19.5 Å². The number of benzene rings is 2. The van der Waals surface area contributed by atoms with Gasteiger partial charge in [0.1, 0.15) is 23.2 Å². The molecule has 10 heteroatoms. The third-order valence-corrected chi connectivity index (χ3v) is 8.00. The molecule has 0 unspecified atom stereocenters. The van der Waals surface area contributed by atoms with E-state index in [0.29, 0.717) is 30.2 Å². The van der Waals surface area contributed by atoms with Crippen LogP contribution in [-0.2, 0) is 13.3 Å². The average molecular weight is 571 g/mol. The van der Waals surface area contributed by atoms with Crippen molar-refractivity contribution < 1.29 is 9.47 Å². The zero-order chi connectivity index (χ0) is 29.2. The first kappa shape index (κ1) is 26.6. The third kappa shape index (κ3) is 5.27. The number of nitriles is 1. The molecule has 7 rings (SSSR count). The Balaban J connectivity index is 1.10. The first-order valence-corrected chi connectivity index (χ1v) is 14.3. The van der Waals surface area contributed by atoms with Crippen molar-refractivity contribution >= 4 is 5.82 Å². The summed E-state index contributed by atoms with van der Waals surface area (Å²) in [6, 6.07) is 25.0. The summed E-state index contributed by atoms with van der Waals surface area (Å²) in [6.45, 7) is 3.17. The Labute approximate surface area is 249 Å². The molecule has 5 aromatic rings. The molecule has 0 aliphatic carbocycles. The van der Waals surface area contributed by atoms with E-state index in [1.165, 1.54) is 5.56 Å². The normalized spacial score (nSPS) is 14.7. The van der Waals surface area contributed by atoms with Gasteiger partial charge >= 0.3 is 0 Å². The number of nitrogens with one attached hydrogen (secondary N) is 1. The Morgan fingerprint density at radius 3 is 2.51 bits per heavy atom. The monoisotopic (exact) mass is 570 g/mol. The smallest absolute Gasteiger partial charge is 0.234 e. The highest BCUT2D eigenvalue weighted by Crippen LogP contribution is 2.44. The number of piperidine rings is 1. The first-order valence-electron chi connectivity index (χ1n) is 14.3. The molecule has 2 aliphatic heterocycles. The molecule has 0 radical (unpaired) electrons. The van der Waals surface area contributed by atoms with Crippen molar-refractivity contribution in [1.82, 2.24) is 29.4 Å². The molecule has 1 fully saturated rings. The molecule has 0 saturated carbocycles. The zero-order valence-corrected chi connectivity index (χ0v) is 23.8. The largest absolute Gasteiger partial charge is 0.496 e. The number of hydrogen-bond acceptors (Lipinski definition) is 9. The predicted molar refractivity (Wildman–Crippen MR) is 162 cm³/mol. The summed E-state index contributed by atoms with van der Waals surface area (Å²) >= 11 is 0. The number of methoxy groups -OCH3 is 1. The topological polar surface area (TPSA) is 114 Å². The van der Waals surface area contributed by atoms with Crippen molar-refractivity contribution in [3.63, 3.8) is 0 Å². The molecule has 2 aromatic carbocycles. The van der Waals surface area contributed by atoms with Crippen LogP contribution in [0.3, 0.4) is 0 Å². The van der Waals surface area contributed by atoms with Gasteiger partial charge in [-0.25, -0.2) is 19.9 Å². The van der Waals surface area contributed by atoms with Gasteiger partial charge in [-0.05, 0) is 30.5 Å². The van der Waals surface area contributed by atoms with E-state index >= 15 is 0 Å². The Bertz CT molecular complexity index is 1770. The molecule has 0 bridgehead atoms. The lowest BCUT2D eigenvalue weighted by molar-refractivity contribution is 0.211. The summed E-state index contributed by atoms with van der Waals surface area (Å²) in [5, 5.41) is 12.5. The van der Waals surface area contributed by atoms with Crippen LogP contribution in [0.4, 0.5) is 5.82 Å². The lowest BCUT2D eigenvalue weighted by Crippen LogP contribution is -2.38. The number of pyridine rings is 1. The highest BCUT2D eigenvalue weighted by molar-refractivity contribution is 5.84. The number of hydrogen-bond donors (Lipinski definition) is 1. The van der Waals surface area contributed by atoms with Gasteiger partial charge in [0.05, 0.1) is 18.5 Å². The van der Waals surface area contributed by atoms with Gasteiger partial charge < -0.3 is 14.8 Å². The fourth-order valence-corrected chi connectivity index (χ4v) is 5.86. The van der Waals surface area contributed by atoms with Crippen molar-refractivity contribution in [2.45, 2.75) is 32.2 Å². The summed E-state index contributed by atoms with van der Waals surface area (Å²) in [5.74, 6) is 2.89. The van der Waals surface area contributed by atoms with Crippen LogP contribution in [0.2, 0.25) is 0 Å². The third-order valence-electron chi connectivity index (χ3n) is 8.00. The van der Waals surface area contributed by atoms with E-state index in [9.17, 15) is 0 Å². The molecule has 2 aliphatic rings. The lowest BCUT2D eigenvalue weighted by Gasteiger charge is -2.32. The molecule has 43 heavy (non-hydrogen) atoms. The van der Waals surface area contributed by atoms with Gasteiger partial charge in [0, 0.05) is 49.2 Å². The number of fused-ring (bicyclic) bond motifs is 3. The van der Waals surface area contributed by atoms with Crippen LogP contribution in [0.15, 0.2) is 79.1 Å². The molecular weight excluding hydrogens is 540 g/mol. The number of nitrogens with zero attached hydrogens (tertiary/aromatic N) is 7. The maximum absolute atomic E-state index is 9.06. The highest BCUT2D eigenvalue weighted by atomic mass is 16.5. The van der Waals surface area contributed by atoms with Crippen molar-refractivity contribution in [3.05, 3.63) is 90.5 Å². The summed E-state index contributed by atoms with van der Waals surface area (Å²) < 4.78 is 13.8. The number of rotatable bonds is 7. The molecule has 10 nitrogen and oxygen atoms in total. The van der Waals surface area contributed by atoms with Crippen molar-refractivity contribution in [2.75, 3.05) is 25.5 Å². The van der Waals surface area contributed by atoms with E-state index in [4.69, 9.17) is 19.7 Å². The summed E-state index contributed by atoms with van der Waals surface area (Å²) in [4.78, 5) is 20.3.